The van der Waals surface area contributed by atoms with Gasteiger partial charge in [-0.2, -0.15) is 0 Å². The van der Waals surface area contributed by atoms with Crippen molar-refractivity contribution in [2.45, 2.75) is 20.0 Å². The first-order chi connectivity index (χ1) is 12.9. The van der Waals surface area contributed by atoms with Crippen molar-refractivity contribution in [3.8, 4) is 11.4 Å². The number of imidazole rings is 1. The van der Waals surface area contributed by atoms with E-state index in [1.165, 1.54) is 17.0 Å². The topological polar surface area (TPSA) is 38.1 Å². The van der Waals surface area contributed by atoms with Gasteiger partial charge in [0.1, 0.15) is 23.3 Å². The summed E-state index contributed by atoms with van der Waals surface area (Å²) in [6.45, 7) is 2.93. The van der Waals surface area contributed by atoms with E-state index in [9.17, 15) is 18.0 Å². The van der Waals surface area contributed by atoms with Crippen molar-refractivity contribution in [3.63, 3.8) is 0 Å². The normalized spacial score (nSPS) is 13.6. The van der Waals surface area contributed by atoms with Gasteiger partial charge < -0.3 is 9.47 Å². The van der Waals surface area contributed by atoms with E-state index in [2.05, 4.69) is 4.98 Å². The van der Waals surface area contributed by atoms with Crippen molar-refractivity contribution in [2.75, 3.05) is 6.54 Å². The average Bonchev–Trinajstić information content (AvgIpc) is 3.04. The fourth-order valence-corrected chi connectivity index (χ4v) is 3.38. The lowest BCUT2D eigenvalue weighted by Gasteiger charge is -2.29. The molecule has 0 spiro atoms. The second kappa shape index (κ2) is 6.57. The number of nitrogens with zero attached hydrogens (tertiary/aromatic N) is 3. The highest BCUT2D eigenvalue weighted by atomic mass is 19.1. The van der Waals surface area contributed by atoms with E-state index >= 15 is 0 Å². The second-order valence-electron chi connectivity index (χ2n) is 6.53. The van der Waals surface area contributed by atoms with Gasteiger partial charge in [0.25, 0.3) is 5.91 Å². The minimum atomic E-state index is -0.873. The molecular formula is C20H16F3N3O. The quantitative estimate of drug-likeness (QED) is 0.685. The summed E-state index contributed by atoms with van der Waals surface area (Å²) < 4.78 is 42.3. The lowest BCUT2D eigenvalue weighted by molar-refractivity contribution is 0.0707. The van der Waals surface area contributed by atoms with Gasteiger partial charge in [-0.05, 0) is 42.8 Å². The molecule has 1 amide bonds. The highest BCUT2D eigenvalue weighted by molar-refractivity contribution is 5.94. The van der Waals surface area contributed by atoms with Gasteiger partial charge in [0.15, 0.2) is 0 Å². The van der Waals surface area contributed by atoms with Crippen LogP contribution in [0.1, 0.15) is 21.6 Å². The second-order valence-corrected chi connectivity index (χ2v) is 6.53. The lowest BCUT2D eigenvalue weighted by Crippen LogP contribution is -2.38. The Labute approximate surface area is 153 Å². The van der Waals surface area contributed by atoms with Crippen LogP contribution in [-0.2, 0) is 13.1 Å². The molecule has 0 fully saturated rings. The number of fused-ring (bicyclic) bond motifs is 1. The number of rotatable bonds is 2. The third-order valence-corrected chi connectivity index (χ3v) is 4.76. The largest absolute Gasteiger partial charge is 0.331 e. The lowest BCUT2D eigenvalue weighted by atomic mass is 10.1. The van der Waals surface area contributed by atoms with Crippen molar-refractivity contribution in [1.29, 1.82) is 0 Å². The first-order valence-corrected chi connectivity index (χ1v) is 8.49. The molecule has 1 aromatic heterocycles. The number of aromatic nitrogens is 2. The summed E-state index contributed by atoms with van der Waals surface area (Å²) in [6, 6.07) is 7.46. The van der Waals surface area contributed by atoms with E-state index < -0.39 is 17.5 Å². The first kappa shape index (κ1) is 17.3. The number of hydrogen-bond acceptors (Lipinski definition) is 2. The zero-order valence-electron chi connectivity index (χ0n) is 14.5. The molecule has 0 atom stereocenters. The summed E-state index contributed by atoms with van der Waals surface area (Å²) in [5.41, 5.74) is 2.25. The van der Waals surface area contributed by atoms with Gasteiger partial charge in [-0.25, -0.2) is 18.2 Å². The Bertz CT molecular complexity index is 1040. The van der Waals surface area contributed by atoms with Crippen LogP contribution in [0.15, 0.2) is 42.6 Å². The van der Waals surface area contributed by atoms with Crippen LogP contribution in [0.2, 0.25) is 0 Å². The molecule has 0 bridgehead atoms. The van der Waals surface area contributed by atoms with Crippen molar-refractivity contribution in [3.05, 3.63) is 76.9 Å². The van der Waals surface area contributed by atoms with Gasteiger partial charge in [-0.3, -0.25) is 4.79 Å². The zero-order valence-corrected chi connectivity index (χ0v) is 14.5. The van der Waals surface area contributed by atoms with Gasteiger partial charge in [0, 0.05) is 24.7 Å². The summed E-state index contributed by atoms with van der Waals surface area (Å²) in [4.78, 5) is 18.5. The number of carbonyl (C=O) groups excluding carboxylic acids is 1. The molecule has 0 N–H and O–H groups in total. The van der Waals surface area contributed by atoms with Gasteiger partial charge in [0.05, 0.1) is 24.0 Å². The summed E-state index contributed by atoms with van der Waals surface area (Å²) in [5, 5.41) is 0. The van der Waals surface area contributed by atoms with Crippen molar-refractivity contribution in [2.24, 2.45) is 0 Å². The summed E-state index contributed by atoms with van der Waals surface area (Å²) in [7, 11) is 0. The molecular weight excluding hydrogens is 355 g/mol. The molecule has 2 aromatic carbocycles. The maximum Gasteiger partial charge on any atom is 0.257 e. The van der Waals surface area contributed by atoms with Crippen LogP contribution in [-0.4, -0.2) is 26.9 Å². The maximum absolute atomic E-state index is 13.9. The number of halogens is 3. The molecule has 7 heteroatoms. The third-order valence-electron chi connectivity index (χ3n) is 4.76. The SMILES string of the molecule is Cc1cc(F)ccc1-c1ncc2n1CCN(C(=O)c1ccc(F)cc1F)C2. The Hall–Kier alpha value is -3.09. The summed E-state index contributed by atoms with van der Waals surface area (Å²) in [5.74, 6) is -1.68. The Morgan fingerprint density at radius 3 is 2.52 bits per heavy atom. The molecule has 0 radical (unpaired) electrons. The number of carbonyl (C=O) groups is 1. The molecule has 2 heterocycles. The molecule has 4 rings (SSSR count). The van der Waals surface area contributed by atoms with Crippen LogP contribution in [0.3, 0.4) is 0 Å². The molecule has 138 valence electrons. The minimum absolute atomic E-state index is 0.154. The third kappa shape index (κ3) is 3.09. The summed E-state index contributed by atoms with van der Waals surface area (Å²) >= 11 is 0. The molecule has 0 saturated heterocycles. The van der Waals surface area contributed by atoms with Gasteiger partial charge >= 0.3 is 0 Å². The van der Waals surface area contributed by atoms with E-state index in [1.807, 2.05) is 11.5 Å². The van der Waals surface area contributed by atoms with Crippen LogP contribution in [0.25, 0.3) is 11.4 Å². The molecule has 4 nitrogen and oxygen atoms in total. The zero-order chi connectivity index (χ0) is 19.1. The molecule has 3 aromatic rings. The van der Waals surface area contributed by atoms with Crippen molar-refractivity contribution < 1.29 is 18.0 Å². The van der Waals surface area contributed by atoms with Crippen LogP contribution in [0, 0.1) is 24.4 Å². The highest BCUT2D eigenvalue weighted by Gasteiger charge is 2.26. The van der Waals surface area contributed by atoms with E-state index in [0.717, 1.165) is 29.0 Å². The predicted molar refractivity (Wildman–Crippen MR) is 93.5 cm³/mol. The van der Waals surface area contributed by atoms with Crippen LogP contribution < -0.4 is 0 Å². The number of amides is 1. The number of aryl methyl sites for hydroxylation is 1. The standard InChI is InChI=1S/C20H16F3N3O/c1-12-8-13(21)2-4-16(12)19-24-10-15-11-25(6-7-26(15)19)20(27)17-5-3-14(22)9-18(17)23/h2-5,8-10H,6-7,11H2,1H3. The molecule has 27 heavy (non-hydrogen) atoms. The van der Waals surface area contributed by atoms with E-state index in [-0.39, 0.29) is 17.9 Å². The van der Waals surface area contributed by atoms with Gasteiger partial charge in [0.2, 0.25) is 0 Å². The number of hydrogen-bond donors (Lipinski definition) is 0. The van der Waals surface area contributed by atoms with Crippen LogP contribution in [0.5, 0.6) is 0 Å². The number of benzene rings is 2. The van der Waals surface area contributed by atoms with E-state index in [4.69, 9.17) is 0 Å². The maximum atomic E-state index is 13.9. The van der Waals surface area contributed by atoms with Crippen molar-refractivity contribution in [1.82, 2.24) is 14.5 Å². The van der Waals surface area contributed by atoms with Gasteiger partial charge in [-0.15, -0.1) is 0 Å². The smallest absolute Gasteiger partial charge is 0.257 e. The van der Waals surface area contributed by atoms with Crippen LogP contribution in [0.4, 0.5) is 13.2 Å². The van der Waals surface area contributed by atoms with Crippen molar-refractivity contribution >= 4 is 5.91 Å². The molecule has 1 aliphatic heterocycles. The monoisotopic (exact) mass is 371 g/mol. The summed E-state index contributed by atoms with van der Waals surface area (Å²) in [6.07, 6.45) is 1.67. The molecule has 0 aliphatic carbocycles. The van der Waals surface area contributed by atoms with E-state index in [0.29, 0.717) is 25.0 Å². The fourth-order valence-electron chi connectivity index (χ4n) is 3.38. The Morgan fingerprint density at radius 2 is 1.78 bits per heavy atom. The highest BCUT2D eigenvalue weighted by Crippen LogP contribution is 2.27. The van der Waals surface area contributed by atoms with E-state index in [1.54, 1.807) is 12.3 Å². The van der Waals surface area contributed by atoms with Gasteiger partial charge in [-0.1, -0.05) is 0 Å². The first-order valence-electron chi connectivity index (χ1n) is 8.49. The molecule has 0 unspecified atom stereocenters. The Kier molecular flexibility index (Phi) is 4.22. The fraction of sp³-hybridized carbons (Fsp3) is 0.200. The Morgan fingerprint density at radius 1 is 1.04 bits per heavy atom. The molecule has 1 aliphatic rings. The minimum Gasteiger partial charge on any atom is -0.331 e. The Balaban J connectivity index is 1.61. The molecule has 0 saturated carbocycles. The van der Waals surface area contributed by atoms with Crippen LogP contribution >= 0.6 is 0 Å². The average molecular weight is 371 g/mol. The predicted octanol–water partition coefficient (Wildman–Crippen LogP) is 3.93.